The predicted octanol–water partition coefficient (Wildman–Crippen LogP) is 2.33. The number of morpholine rings is 1. The lowest BCUT2D eigenvalue weighted by Crippen LogP contribution is -2.58. The molecule has 23 heavy (non-hydrogen) atoms. The second-order valence-electron chi connectivity index (χ2n) is 6.86. The summed E-state index contributed by atoms with van der Waals surface area (Å²) in [6.45, 7) is 7.29. The highest BCUT2D eigenvalue weighted by molar-refractivity contribution is 5.78. The molecule has 0 unspecified atom stereocenters. The molecule has 1 aromatic rings. The van der Waals surface area contributed by atoms with Crippen molar-refractivity contribution >= 4 is 5.91 Å². The number of benzene rings is 1. The van der Waals surface area contributed by atoms with Crippen LogP contribution in [-0.2, 0) is 16.0 Å². The van der Waals surface area contributed by atoms with E-state index < -0.39 is 0 Å². The van der Waals surface area contributed by atoms with Crippen LogP contribution < -0.4 is 0 Å². The average molecular weight is 316 g/mol. The van der Waals surface area contributed by atoms with Gasteiger partial charge in [-0.15, -0.1) is 0 Å². The molecular formula is C19H28N2O2. The predicted molar refractivity (Wildman–Crippen MR) is 91.4 cm³/mol. The number of carbonyl (C=O) groups excluding carboxylic acids is 1. The summed E-state index contributed by atoms with van der Waals surface area (Å²) in [6, 6.07) is 10.7. The Hall–Kier alpha value is -1.39. The van der Waals surface area contributed by atoms with Crippen LogP contribution in [0.5, 0.6) is 0 Å². The smallest absolute Gasteiger partial charge is 0.248 e. The van der Waals surface area contributed by atoms with Crippen molar-refractivity contribution in [2.45, 2.75) is 38.2 Å². The standard InChI is InChI=1S/C19H28N2O2/c1-2-11-21-16-19(23-15-18(21)22)9-13-20(14-10-19)12-8-17-6-4-3-5-7-17/h3-7H,2,8-16H2,1H3. The van der Waals surface area contributed by atoms with Crippen molar-refractivity contribution in [3.63, 3.8) is 0 Å². The van der Waals surface area contributed by atoms with E-state index in [4.69, 9.17) is 4.74 Å². The molecule has 4 heteroatoms. The highest BCUT2D eigenvalue weighted by atomic mass is 16.5. The number of hydrogen-bond donors (Lipinski definition) is 0. The largest absolute Gasteiger partial charge is 0.363 e. The molecule has 2 aliphatic heterocycles. The normalized spacial score (nSPS) is 21.8. The van der Waals surface area contributed by atoms with E-state index in [1.807, 2.05) is 4.90 Å². The van der Waals surface area contributed by atoms with E-state index in [0.717, 1.165) is 58.4 Å². The molecule has 0 N–H and O–H groups in total. The molecular weight excluding hydrogens is 288 g/mol. The Morgan fingerprint density at radius 3 is 2.57 bits per heavy atom. The Labute approximate surface area is 139 Å². The lowest BCUT2D eigenvalue weighted by Gasteiger charge is -2.47. The Balaban J connectivity index is 1.49. The lowest BCUT2D eigenvalue weighted by atomic mass is 9.89. The van der Waals surface area contributed by atoms with Crippen LogP contribution in [-0.4, -0.2) is 60.6 Å². The van der Waals surface area contributed by atoms with Crippen molar-refractivity contribution in [3.05, 3.63) is 35.9 Å². The van der Waals surface area contributed by atoms with Gasteiger partial charge >= 0.3 is 0 Å². The summed E-state index contributed by atoms with van der Waals surface area (Å²) < 4.78 is 5.99. The van der Waals surface area contributed by atoms with Gasteiger partial charge in [-0.2, -0.15) is 0 Å². The topological polar surface area (TPSA) is 32.8 Å². The molecule has 0 radical (unpaired) electrons. The summed E-state index contributed by atoms with van der Waals surface area (Å²) in [4.78, 5) is 16.5. The average Bonchev–Trinajstić information content (AvgIpc) is 2.59. The van der Waals surface area contributed by atoms with Crippen molar-refractivity contribution in [2.75, 3.05) is 39.3 Å². The van der Waals surface area contributed by atoms with E-state index in [1.165, 1.54) is 5.56 Å². The molecule has 4 nitrogen and oxygen atoms in total. The number of hydrogen-bond acceptors (Lipinski definition) is 3. The number of nitrogens with zero attached hydrogens (tertiary/aromatic N) is 2. The SMILES string of the molecule is CCCN1CC2(CCN(CCc3ccccc3)CC2)OCC1=O. The summed E-state index contributed by atoms with van der Waals surface area (Å²) in [7, 11) is 0. The van der Waals surface area contributed by atoms with Gasteiger partial charge in [-0.25, -0.2) is 0 Å². The summed E-state index contributed by atoms with van der Waals surface area (Å²) in [5.74, 6) is 0.156. The van der Waals surface area contributed by atoms with E-state index in [0.29, 0.717) is 0 Å². The molecule has 0 atom stereocenters. The van der Waals surface area contributed by atoms with E-state index in [-0.39, 0.29) is 18.1 Å². The van der Waals surface area contributed by atoms with E-state index in [2.05, 4.69) is 42.2 Å². The van der Waals surface area contributed by atoms with E-state index in [1.54, 1.807) is 0 Å². The van der Waals surface area contributed by atoms with Crippen molar-refractivity contribution in [1.82, 2.24) is 9.80 Å². The maximum absolute atomic E-state index is 11.9. The Bertz CT molecular complexity index is 509. The molecule has 2 heterocycles. The molecule has 1 spiro atoms. The maximum Gasteiger partial charge on any atom is 0.248 e. The molecule has 2 aliphatic rings. The van der Waals surface area contributed by atoms with Gasteiger partial charge in [0.05, 0.1) is 5.60 Å². The summed E-state index contributed by atoms with van der Waals surface area (Å²) in [5.41, 5.74) is 1.31. The fourth-order valence-electron chi connectivity index (χ4n) is 3.68. The lowest BCUT2D eigenvalue weighted by molar-refractivity contribution is -0.171. The van der Waals surface area contributed by atoms with Crippen LogP contribution in [0.1, 0.15) is 31.7 Å². The zero-order valence-corrected chi connectivity index (χ0v) is 14.2. The molecule has 2 fully saturated rings. The van der Waals surface area contributed by atoms with Crippen molar-refractivity contribution < 1.29 is 9.53 Å². The molecule has 0 aliphatic carbocycles. The van der Waals surface area contributed by atoms with Crippen LogP contribution in [0, 0.1) is 0 Å². The highest BCUT2D eigenvalue weighted by Crippen LogP contribution is 2.30. The molecule has 3 rings (SSSR count). The summed E-state index contributed by atoms with van der Waals surface area (Å²) >= 11 is 0. The van der Waals surface area contributed by atoms with E-state index in [9.17, 15) is 4.79 Å². The molecule has 0 bridgehead atoms. The van der Waals surface area contributed by atoms with Crippen LogP contribution >= 0.6 is 0 Å². The number of likely N-dealkylation sites (tertiary alicyclic amines) is 1. The van der Waals surface area contributed by atoms with Crippen LogP contribution in [0.15, 0.2) is 30.3 Å². The highest BCUT2D eigenvalue weighted by Gasteiger charge is 2.41. The molecule has 126 valence electrons. The molecule has 1 amide bonds. The minimum atomic E-state index is -0.0909. The molecule has 0 saturated carbocycles. The first-order chi connectivity index (χ1) is 11.2. The van der Waals surface area contributed by atoms with Crippen molar-refractivity contribution in [2.24, 2.45) is 0 Å². The van der Waals surface area contributed by atoms with Gasteiger partial charge in [-0.05, 0) is 31.2 Å². The van der Waals surface area contributed by atoms with Crippen LogP contribution in [0.3, 0.4) is 0 Å². The number of ether oxygens (including phenoxy) is 1. The minimum absolute atomic E-state index is 0.0909. The van der Waals surface area contributed by atoms with Gasteiger partial charge < -0.3 is 14.5 Å². The quantitative estimate of drug-likeness (QED) is 0.836. The first-order valence-corrected chi connectivity index (χ1v) is 8.89. The number of rotatable bonds is 5. The van der Waals surface area contributed by atoms with Gasteiger partial charge in [-0.3, -0.25) is 4.79 Å². The van der Waals surface area contributed by atoms with Crippen molar-refractivity contribution in [1.29, 1.82) is 0 Å². The third-order valence-electron chi connectivity index (χ3n) is 5.15. The fraction of sp³-hybridized carbons (Fsp3) is 0.632. The Kier molecular flexibility index (Phi) is 5.34. The first kappa shape index (κ1) is 16.5. The third-order valence-corrected chi connectivity index (χ3v) is 5.15. The van der Waals surface area contributed by atoms with Gasteiger partial charge in [0.15, 0.2) is 0 Å². The van der Waals surface area contributed by atoms with Gasteiger partial charge in [0.1, 0.15) is 6.61 Å². The summed E-state index contributed by atoms with van der Waals surface area (Å²) in [5, 5.41) is 0. The zero-order valence-electron chi connectivity index (χ0n) is 14.2. The number of carbonyl (C=O) groups is 1. The number of piperidine rings is 1. The van der Waals surface area contributed by atoms with Crippen LogP contribution in [0.4, 0.5) is 0 Å². The molecule has 2 saturated heterocycles. The second-order valence-corrected chi connectivity index (χ2v) is 6.86. The van der Waals surface area contributed by atoms with Gasteiger partial charge in [-0.1, -0.05) is 37.3 Å². The van der Waals surface area contributed by atoms with Gasteiger partial charge in [0.25, 0.3) is 0 Å². The van der Waals surface area contributed by atoms with Crippen LogP contribution in [0.2, 0.25) is 0 Å². The van der Waals surface area contributed by atoms with E-state index >= 15 is 0 Å². The van der Waals surface area contributed by atoms with Gasteiger partial charge in [0, 0.05) is 32.7 Å². The fourth-order valence-corrected chi connectivity index (χ4v) is 3.68. The zero-order chi connectivity index (χ0) is 16.1. The Morgan fingerprint density at radius 1 is 1.13 bits per heavy atom. The third kappa shape index (κ3) is 4.12. The second kappa shape index (κ2) is 7.45. The minimum Gasteiger partial charge on any atom is -0.363 e. The molecule has 1 aromatic carbocycles. The number of amides is 1. The summed E-state index contributed by atoms with van der Waals surface area (Å²) in [6.07, 6.45) is 4.20. The first-order valence-electron chi connectivity index (χ1n) is 8.89. The van der Waals surface area contributed by atoms with Crippen molar-refractivity contribution in [3.8, 4) is 0 Å². The Morgan fingerprint density at radius 2 is 1.87 bits per heavy atom. The van der Waals surface area contributed by atoms with Gasteiger partial charge in [0.2, 0.25) is 5.91 Å². The maximum atomic E-state index is 11.9. The monoisotopic (exact) mass is 316 g/mol. The van der Waals surface area contributed by atoms with Crippen LogP contribution in [0.25, 0.3) is 0 Å². The molecule has 0 aromatic heterocycles.